The van der Waals surface area contributed by atoms with Crippen LogP contribution in [0.5, 0.6) is 0 Å². The number of hydrogen-bond acceptors (Lipinski definition) is 7. The molecule has 0 aromatic rings. The minimum absolute atomic E-state index is 0. The van der Waals surface area contributed by atoms with Crippen LogP contribution in [0.25, 0.3) is 0 Å². The van der Waals surface area contributed by atoms with Crippen LogP contribution in [0.3, 0.4) is 0 Å². The predicted molar refractivity (Wildman–Crippen MR) is 78.6 cm³/mol. The molecule has 0 aliphatic rings. The van der Waals surface area contributed by atoms with E-state index < -0.39 is 34.4 Å². The van der Waals surface area contributed by atoms with Gasteiger partial charge in [0.15, 0.2) is 0 Å². The quantitative estimate of drug-likeness (QED) is 0.160. The molecule has 0 atom stereocenters. The van der Waals surface area contributed by atoms with E-state index >= 15 is 0 Å². The van der Waals surface area contributed by atoms with Gasteiger partial charge in [-0.1, -0.05) is 33.6 Å². The standard InChI is InChI=1S/C14H26O7S.Na/c1-4-7-8-11-14(5-2,6-3)20-12(15)9-10-13(16)21-22(17,18)19;/h4-11H2,1-3H3,(H,17,18,19);/q;+1/p-1. The summed E-state index contributed by atoms with van der Waals surface area (Å²) < 4.78 is 39.8. The van der Waals surface area contributed by atoms with Crippen molar-refractivity contribution in [1.29, 1.82) is 0 Å². The normalized spacial score (nSPS) is 11.5. The summed E-state index contributed by atoms with van der Waals surface area (Å²) in [5, 5.41) is 0. The molecule has 23 heavy (non-hydrogen) atoms. The van der Waals surface area contributed by atoms with Crippen molar-refractivity contribution in [2.45, 2.75) is 77.7 Å². The molecule has 0 bridgehead atoms. The molecule has 0 amide bonds. The molecule has 0 radical (unpaired) electrons. The number of unbranched alkanes of at least 4 members (excludes halogenated alkanes) is 2. The molecule has 0 heterocycles. The van der Waals surface area contributed by atoms with Crippen molar-refractivity contribution in [3.63, 3.8) is 0 Å². The summed E-state index contributed by atoms with van der Waals surface area (Å²) in [5.74, 6) is -1.85. The number of hydrogen-bond donors (Lipinski definition) is 0. The van der Waals surface area contributed by atoms with Crippen LogP contribution in [0, 0.1) is 0 Å². The molecule has 0 rings (SSSR count). The van der Waals surface area contributed by atoms with Crippen LogP contribution >= 0.6 is 0 Å². The van der Waals surface area contributed by atoms with Gasteiger partial charge in [0.1, 0.15) is 5.60 Å². The Kier molecular flexibility index (Phi) is 13.4. The number of esters is 1. The minimum atomic E-state index is -5.08. The van der Waals surface area contributed by atoms with Crippen LogP contribution in [0.2, 0.25) is 0 Å². The molecule has 0 fully saturated rings. The molecule has 130 valence electrons. The SMILES string of the molecule is CCCCCC(CC)(CC)OC(=O)CCC(=O)OS(=O)(=O)[O-].[Na+]. The van der Waals surface area contributed by atoms with Crippen molar-refractivity contribution in [2.24, 2.45) is 0 Å². The zero-order valence-electron chi connectivity index (χ0n) is 14.4. The molecule has 0 saturated carbocycles. The van der Waals surface area contributed by atoms with Crippen LogP contribution in [0.1, 0.15) is 72.1 Å². The van der Waals surface area contributed by atoms with Gasteiger partial charge >= 0.3 is 41.5 Å². The summed E-state index contributed by atoms with van der Waals surface area (Å²) in [6.07, 6.45) is 4.32. The Morgan fingerprint density at radius 1 is 1.00 bits per heavy atom. The average Bonchev–Trinajstić information content (AvgIpc) is 2.42. The molecule has 7 nitrogen and oxygen atoms in total. The second kappa shape index (κ2) is 12.2. The third kappa shape index (κ3) is 11.9. The van der Waals surface area contributed by atoms with E-state index in [0.29, 0.717) is 12.8 Å². The van der Waals surface area contributed by atoms with Gasteiger partial charge < -0.3 is 13.5 Å². The van der Waals surface area contributed by atoms with E-state index in [4.69, 9.17) is 4.74 Å². The average molecular weight is 360 g/mol. The number of carbonyl (C=O) groups excluding carboxylic acids is 2. The van der Waals surface area contributed by atoms with Crippen LogP contribution < -0.4 is 29.6 Å². The van der Waals surface area contributed by atoms with Gasteiger partial charge in [-0.2, -0.15) is 0 Å². The van der Waals surface area contributed by atoms with Crippen LogP contribution in [0.15, 0.2) is 0 Å². The number of ether oxygens (including phenoxy) is 1. The Bertz CT molecular complexity index is 458. The monoisotopic (exact) mass is 360 g/mol. The molecule has 9 heteroatoms. The molecule has 0 aliphatic carbocycles. The van der Waals surface area contributed by atoms with Gasteiger partial charge in [-0.3, -0.25) is 9.59 Å². The van der Waals surface area contributed by atoms with E-state index in [2.05, 4.69) is 11.1 Å². The van der Waals surface area contributed by atoms with E-state index in [1.165, 1.54) is 0 Å². The van der Waals surface area contributed by atoms with Crippen LogP contribution in [0.4, 0.5) is 0 Å². The first kappa shape index (κ1) is 25.1. The fourth-order valence-electron chi connectivity index (χ4n) is 2.15. The Labute approximate surface area is 160 Å². The first-order chi connectivity index (χ1) is 10.2. The van der Waals surface area contributed by atoms with Gasteiger partial charge in [0.25, 0.3) is 10.4 Å². The van der Waals surface area contributed by atoms with Gasteiger partial charge in [0.2, 0.25) is 0 Å². The molecule has 0 aromatic heterocycles. The molecular weight excluding hydrogens is 335 g/mol. The van der Waals surface area contributed by atoms with Gasteiger partial charge in [-0.25, -0.2) is 8.42 Å². The van der Waals surface area contributed by atoms with Crippen molar-refractivity contribution in [3.05, 3.63) is 0 Å². The fourth-order valence-corrected chi connectivity index (χ4v) is 2.46. The van der Waals surface area contributed by atoms with E-state index in [-0.39, 0.29) is 36.0 Å². The fraction of sp³-hybridized carbons (Fsp3) is 0.857. The van der Waals surface area contributed by atoms with E-state index in [0.717, 1.165) is 25.7 Å². The maximum absolute atomic E-state index is 11.8. The molecule has 0 N–H and O–H groups in total. The second-order valence-corrected chi connectivity index (χ2v) is 6.17. The van der Waals surface area contributed by atoms with Gasteiger partial charge in [-0.05, 0) is 25.7 Å². The summed E-state index contributed by atoms with van der Waals surface area (Å²) in [7, 11) is -5.08. The molecular formula is C14H25NaO7S. The maximum atomic E-state index is 11.8. The molecule has 0 spiro atoms. The summed E-state index contributed by atoms with van der Waals surface area (Å²) in [6.45, 7) is 5.95. The van der Waals surface area contributed by atoms with Crippen LogP contribution in [-0.2, 0) is 28.9 Å². The number of rotatable bonds is 11. The largest absolute Gasteiger partial charge is 1.00 e. The van der Waals surface area contributed by atoms with E-state index in [1.54, 1.807) is 0 Å². The molecule has 0 unspecified atom stereocenters. The zero-order chi connectivity index (χ0) is 17.2. The third-order valence-corrected chi connectivity index (χ3v) is 3.97. The number of carbonyl (C=O) groups is 2. The second-order valence-electron chi connectivity index (χ2n) is 5.18. The Balaban J connectivity index is 0. The van der Waals surface area contributed by atoms with Crippen molar-refractivity contribution >= 4 is 22.3 Å². The topological polar surface area (TPSA) is 110 Å². The maximum Gasteiger partial charge on any atom is 1.00 e. The molecule has 0 saturated heterocycles. The van der Waals surface area contributed by atoms with Crippen molar-refractivity contribution in [3.8, 4) is 0 Å². The first-order valence-corrected chi connectivity index (χ1v) is 8.91. The Hall–Kier alpha value is -0.150. The zero-order valence-corrected chi connectivity index (χ0v) is 17.2. The Morgan fingerprint density at radius 3 is 1.96 bits per heavy atom. The smallest absolute Gasteiger partial charge is 0.716 e. The van der Waals surface area contributed by atoms with Crippen LogP contribution in [-0.4, -0.2) is 30.5 Å². The molecule has 0 aromatic carbocycles. The van der Waals surface area contributed by atoms with Crippen molar-refractivity contribution in [1.82, 2.24) is 0 Å². The van der Waals surface area contributed by atoms with Gasteiger partial charge in [0.05, 0.1) is 12.8 Å². The first-order valence-electron chi connectivity index (χ1n) is 7.58. The summed E-state index contributed by atoms with van der Waals surface area (Å²) in [5.41, 5.74) is -0.555. The Morgan fingerprint density at radius 2 is 1.52 bits per heavy atom. The van der Waals surface area contributed by atoms with Crippen molar-refractivity contribution < 1.29 is 61.0 Å². The minimum Gasteiger partial charge on any atom is -0.716 e. The van der Waals surface area contributed by atoms with Gasteiger partial charge in [-0.15, -0.1) is 0 Å². The van der Waals surface area contributed by atoms with Crippen molar-refractivity contribution in [2.75, 3.05) is 0 Å². The molecule has 0 aliphatic heterocycles. The predicted octanol–water partition coefficient (Wildman–Crippen LogP) is -0.544. The third-order valence-electron chi connectivity index (χ3n) is 3.58. The van der Waals surface area contributed by atoms with E-state index in [1.807, 2.05) is 13.8 Å². The van der Waals surface area contributed by atoms with E-state index in [9.17, 15) is 22.6 Å². The summed E-state index contributed by atoms with van der Waals surface area (Å²) in [6, 6.07) is 0. The van der Waals surface area contributed by atoms with Gasteiger partial charge in [0, 0.05) is 0 Å². The summed E-state index contributed by atoms with van der Waals surface area (Å²) >= 11 is 0. The summed E-state index contributed by atoms with van der Waals surface area (Å²) in [4.78, 5) is 22.9.